The van der Waals surface area contributed by atoms with Gasteiger partial charge in [0.1, 0.15) is 28.7 Å². The third-order valence-corrected chi connectivity index (χ3v) is 7.06. The number of aromatic nitrogens is 5. The van der Waals surface area contributed by atoms with Gasteiger partial charge in [-0.3, -0.25) is 4.90 Å². The van der Waals surface area contributed by atoms with E-state index in [1.807, 2.05) is 0 Å². The van der Waals surface area contributed by atoms with Crippen molar-refractivity contribution in [3.05, 3.63) is 36.2 Å². The van der Waals surface area contributed by atoms with E-state index in [4.69, 9.17) is 20.2 Å². The van der Waals surface area contributed by atoms with Gasteiger partial charge in [0, 0.05) is 31.6 Å². The molecule has 12 heteroatoms. The van der Waals surface area contributed by atoms with Gasteiger partial charge in [-0.15, -0.1) is 0 Å². The zero-order valence-electron chi connectivity index (χ0n) is 23.7. The highest BCUT2D eigenvalue weighted by Crippen LogP contribution is 2.40. The highest BCUT2D eigenvalue weighted by Gasteiger charge is 2.31. The molecule has 40 heavy (non-hydrogen) atoms. The first-order valence-corrected chi connectivity index (χ1v) is 13.4. The van der Waals surface area contributed by atoms with Crippen molar-refractivity contribution in [2.24, 2.45) is 11.7 Å². The van der Waals surface area contributed by atoms with E-state index in [9.17, 15) is 4.79 Å². The van der Waals surface area contributed by atoms with Gasteiger partial charge in [0.15, 0.2) is 5.75 Å². The SMILES string of the molecule is CCC(N)C1CCN(c2nc(Oc3cnc(C)nc3)nc3[nH]c4c(N(C)C(=O)OC(C)(C)C)cc(F)cc4c23)C1. The molecule has 0 radical (unpaired) electrons. The van der Waals surface area contributed by atoms with E-state index in [1.54, 1.807) is 47.1 Å². The summed E-state index contributed by atoms with van der Waals surface area (Å²) < 4.78 is 26.6. The first kappa shape index (κ1) is 27.5. The maximum absolute atomic E-state index is 15.1. The molecular weight excluding hydrogens is 515 g/mol. The van der Waals surface area contributed by atoms with Crippen molar-refractivity contribution in [2.75, 3.05) is 29.9 Å². The number of H-pyrrole nitrogens is 1. The molecule has 0 bridgehead atoms. The van der Waals surface area contributed by atoms with Gasteiger partial charge in [0.25, 0.3) is 0 Å². The number of carbonyl (C=O) groups is 1. The standard InChI is InChI=1S/C28H35FN8O3/c1-7-20(30)16-8-9-37(14-16)25-22-19-10-17(29)11-21(36(6)27(38)40-28(3,4)5)23(19)33-24(22)34-26(35-25)39-18-12-31-15(2)32-13-18/h10-13,16,20H,7-9,14,30H2,1-6H3,(H,33,34,35). The van der Waals surface area contributed by atoms with Crippen molar-refractivity contribution in [2.45, 2.75) is 59.1 Å². The number of aryl methyl sites for hydroxylation is 1. The number of amides is 1. The maximum atomic E-state index is 15.1. The van der Waals surface area contributed by atoms with Crippen LogP contribution in [0.15, 0.2) is 24.5 Å². The average molecular weight is 551 g/mol. The second kappa shape index (κ2) is 10.5. The van der Waals surface area contributed by atoms with Gasteiger partial charge in [-0.2, -0.15) is 9.97 Å². The highest BCUT2D eigenvalue weighted by atomic mass is 19.1. The summed E-state index contributed by atoms with van der Waals surface area (Å²) in [4.78, 5) is 37.4. The lowest BCUT2D eigenvalue weighted by molar-refractivity contribution is 0.0589. The molecule has 1 saturated heterocycles. The van der Waals surface area contributed by atoms with E-state index >= 15 is 4.39 Å². The van der Waals surface area contributed by atoms with Crippen LogP contribution < -0.4 is 20.3 Å². The molecule has 3 N–H and O–H groups in total. The van der Waals surface area contributed by atoms with Crippen LogP contribution in [-0.2, 0) is 4.74 Å². The molecule has 2 unspecified atom stereocenters. The second-order valence-corrected chi connectivity index (χ2v) is 11.2. The van der Waals surface area contributed by atoms with Crippen molar-refractivity contribution >= 4 is 39.5 Å². The third kappa shape index (κ3) is 5.48. The Morgan fingerprint density at radius 1 is 1.27 bits per heavy atom. The van der Waals surface area contributed by atoms with E-state index < -0.39 is 17.5 Å². The van der Waals surface area contributed by atoms with Crippen LogP contribution in [0.2, 0.25) is 0 Å². The predicted molar refractivity (Wildman–Crippen MR) is 151 cm³/mol. The van der Waals surface area contributed by atoms with Crippen LogP contribution in [0.25, 0.3) is 21.9 Å². The lowest BCUT2D eigenvalue weighted by Gasteiger charge is -2.25. The van der Waals surface area contributed by atoms with E-state index in [1.165, 1.54) is 17.0 Å². The average Bonchev–Trinajstić information content (AvgIpc) is 3.53. The number of hydrogen-bond donors (Lipinski definition) is 2. The van der Waals surface area contributed by atoms with Crippen molar-refractivity contribution < 1.29 is 18.7 Å². The first-order chi connectivity index (χ1) is 18.9. The van der Waals surface area contributed by atoms with E-state index in [0.29, 0.717) is 57.5 Å². The van der Waals surface area contributed by atoms with Crippen LogP contribution in [-0.4, -0.2) is 62.8 Å². The molecule has 3 aromatic heterocycles. The minimum absolute atomic E-state index is 0.0669. The van der Waals surface area contributed by atoms with E-state index in [0.717, 1.165) is 19.4 Å². The van der Waals surface area contributed by atoms with Gasteiger partial charge in [0.05, 0.1) is 29.0 Å². The summed E-state index contributed by atoms with van der Waals surface area (Å²) in [5.41, 5.74) is 6.95. The monoisotopic (exact) mass is 550 g/mol. The fourth-order valence-electron chi connectivity index (χ4n) is 4.98. The van der Waals surface area contributed by atoms with Gasteiger partial charge < -0.3 is 25.1 Å². The fourth-order valence-corrected chi connectivity index (χ4v) is 4.98. The van der Waals surface area contributed by atoms with Crippen LogP contribution >= 0.6 is 0 Å². The number of nitrogens with one attached hydrogen (secondary N) is 1. The summed E-state index contributed by atoms with van der Waals surface area (Å²) in [7, 11) is 1.55. The van der Waals surface area contributed by atoms with Gasteiger partial charge in [-0.25, -0.2) is 19.2 Å². The number of ether oxygens (including phenoxy) is 2. The van der Waals surface area contributed by atoms with Crippen LogP contribution in [0.5, 0.6) is 11.8 Å². The minimum atomic E-state index is -0.714. The molecule has 212 valence electrons. The summed E-state index contributed by atoms with van der Waals surface area (Å²) in [6.07, 6.45) is 4.28. The topological polar surface area (TPSA) is 135 Å². The summed E-state index contributed by atoms with van der Waals surface area (Å²) in [6, 6.07) is 2.87. The molecule has 4 aromatic rings. The summed E-state index contributed by atoms with van der Waals surface area (Å²) in [5.74, 6) is 1.38. The largest absolute Gasteiger partial charge is 0.443 e. The van der Waals surface area contributed by atoms with Gasteiger partial charge in [-0.05, 0) is 58.6 Å². The van der Waals surface area contributed by atoms with E-state index in [-0.39, 0.29) is 12.1 Å². The molecule has 5 rings (SSSR count). The van der Waals surface area contributed by atoms with Crippen LogP contribution in [0.1, 0.15) is 46.4 Å². The smallest absolute Gasteiger partial charge is 0.414 e. The Hall–Kier alpha value is -4.06. The number of halogens is 1. The Labute approximate surface area is 231 Å². The fraction of sp³-hybridized carbons (Fsp3) is 0.464. The quantitative estimate of drug-likeness (QED) is 0.337. The van der Waals surface area contributed by atoms with Crippen LogP contribution in [0.4, 0.5) is 20.7 Å². The predicted octanol–water partition coefficient (Wildman–Crippen LogP) is 5.08. The minimum Gasteiger partial charge on any atom is -0.443 e. The number of carbonyl (C=O) groups excluding carboxylic acids is 1. The van der Waals surface area contributed by atoms with Gasteiger partial charge in [0.2, 0.25) is 0 Å². The second-order valence-electron chi connectivity index (χ2n) is 11.2. The van der Waals surface area contributed by atoms with Crippen molar-refractivity contribution in [3.63, 3.8) is 0 Å². The molecule has 0 saturated carbocycles. The number of rotatable bonds is 6. The molecule has 1 aromatic carbocycles. The Morgan fingerprint density at radius 3 is 2.67 bits per heavy atom. The molecule has 11 nitrogen and oxygen atoms in total. The molecule has 1 aliphatic rings. The summed E-state index contributed by atoms with van der Waals surface area (Å²) in [5, 5.41) is 1.18. The number of fused-ring (bicyclic) bond motifs is 3. The molecule has 0 spiro atoms. The number of hydrogen-bond acceptors (Lipinski definition) is 9. The summed E-state index contributed by atoms with van der Waals surface area (Å²) >= 11 is 0. The molecule has 4 heterocycles. The van der Waals surface area contributed by atoms with Crippen molar-refractivity contribution in [3.8, 4) is 11.8 Å². The van der Waals surface area contributed by atoms with Gasteiger partial charge in [-0.1, -0.05) is 6.92 Å². The number of aromatic amines is 1. The Morgan fingerprint density at radius 2 is 2.00 bits per heavy atom. The lowest BCUT2D eigenvalue weighted by atomic mass is 9.98. The number of nitrogens with zero attached hydrogens (tertiary/aromatic N) is 6. The molecule has 1 amide bonds. The Bertz CT molecular complexity index is 1550. The Balaban J connectivity index is 1.66. The number of benzene rings is 1. The maximum Gasteiger partial charge on any atom is 0.414 e. The molecule has 2 atom stereocenters. The third-order valence-electron chi connectivity index (χ3n) is 7.06. The summed E-state index contributed by atoms with van der Waals surface area (Å²) in [6.45, 7) is 10.6. The van der Waals surface area contributed by atoms with Gasteiger partial charge >= 0.3 is 12.1 Å². The van der Waals surface area contributed by atoms with Crippen LogP contribution in [0, 0.1) is 18.7 Å². The van der Waals surface area contributed by atoms with E-state index in [2.05, 4.69) is 31.8 Å². The number of nitrogens with two attached hydrogens (primary N) is 1. The van der Waals surface area contributed by atoms with Crippen LogP contribution in [0.3, 0.4) is 0 Å². The van der Waals surface area contributed by atoms with Crippen molar-refractivity contribution in [1.29, 1.82) is 0 Å². The normalized spacial score (nSPS) is 16.5. The number of anilines is 2. The first-order valence-electron chi connectivity index (χ1n) is 13.4. The molecule has 0 aliphatic carbocycles. The van der Waals surface area contributed by atoms with Crippen molar-refractivity contribution in [1.82, 2.24) is 24.9 Å². The molecular formula is C28H35FN8O3. The Kier molecular flexibility index (Phi) is 7.21. The highest BCUT2D eigenvalue weighted by molar-refractivity contribution is 6.16. The zero-order valence-corrected chi connectivity index (χ0v) is 23.7. The molecule has 1 aliphatic heterocycles. The zero-order chi connectivity index (χ0) is 28.8. The molecule has 1 fully saturated rings. The lowest BCUT2D eigenvalue weighted by Crippen LogP contribution is -2.34.